The molecule has 1 aliphatic heterocycles. The molecular formula is C14H20N4O3. The summed E-state index contributed by atoms with van der Waals surface area (Å²) in [7, 11) is 0. The Kier molecular flexibility index (Phi) is 4.74. The third kappa shape index (κ3) is 3.49. The van der Waals surface area contributed by atoms with E-state index in [0.717, 1.165) is 12.8 Å². The predicted molar refractivity (Wildman–Crippen MR) is 79.3 cm³/mol. The van der Waals surface area contributed by atoms with Crippen LogP contribution in [0, 0.1) is 16.0 Å². The molecule has 1 aromatic carbocycles. The Bertz CT molecular complexity index is 547. The van der Waals surface area contributed by atoms with Crippen molar-refractivity contribution in [2.75, 3.05) is 12.0 Å². The molecule has 3 N–H and O–H groups in total. The number of anilines is 1. The number of carbonyl (C=O) groups is 1. The number of hydrazine groups is 1. The number of benzene rings is 1. The monoisotopic (exact) mass is 292 g/mol. The second-order valence-corrected chi connectivity index (χ2v) is 5.46. The van der Waals surface area contributed by atoms with E-state index in [9.17, 15) is 14.9 Å². The molecule has 0 saturated carbocycles. The standard InChI is InChI=1S/C14H20N4O3/c1-10-5-6-13(19)17(8-7-10)9-11-3-2-4-12(18(20)21)14(11)16-15/h2-4,10,16H,5-9,15H2,1H3. The van der Waals surface area contributed by atoms with E-state index in [-0.39, 0.29) is 17.3 Å². The summed E-state index contributed by atoms with van der Waals surface area (Å²) in [6.07, 6.45) is 2.37. The minimum absolute atomic E-state index is 0.0781. The van der Waals surface area contributed by atoms with Gasteiger partial charge in [0.25, 0.3) is 5.69 Å². The lowest BCUT2D eigenvalue weighted by Crippen LogP contribution is -2.30. The lowest BCUT2D eigenvalue weighted by atomic mass is 10.0. The molecule has 0 bridgehead atoms. The highest BCUT2D eigenvalue weighted by atomic mass is 16.6. The fourth-order valence-corrected chi connectivity index (χ4v) is 2.58. The van der Waals surface area contributed by atoms with Crippen LogP contribution in [0.5, 0.6) is 0 Å². The Morgan fingerprint density at radius 3 is 2.90 bits per heavy atom. The fraction of sp³-hybridized carbons (Fsp3) is 0.500. The first-order valence-corrected chi connectivity index (χ1v) is 7.03. The topological polar surface area (TPSA) is 102 Å². The van der Waals surface area contributed by atoms with Crippen LogP contribution in [0.3, 0.4) is 0 Å². The first-order chi connectivity index (χ1) is 10.0. The average molecular weight is 292 g/mol. The van der Waals surface area contributed by atoms with E-state index in [1.165, 1.54) is 6.07 Å². The van der Waals surface area contributed by atoms with Gasteiger partial charge in [-0.2, -0.15) is 0 Å². The molecule has 1 aliphatic rings. The SMILES string of the molecule is CC1CCC(=O)N(Cc2cccc([N+](=O)[O-])c2NN)CC1. The predicted octanol–water partition coefficient (Wildman–Crippen LogP) is 2.03. The number of nitrogens with zero attached hydrogens (tertiary/aromatic N) is 2. The van der Waals surface area contributed by atoms with Crippen LogP contribution in [-0.2, 0) is 11.3 Å². The summed E-state index contributed by atoms with van der Waals surface area (Å²) in [5.74, 6) is 6.04. The van der Waals surface area contributed by atoms with Crippen LogP contribution in [0.4, 0.5) is 11.4 Å². The molecule has 1 fully saturated rings. The summed E-state index contributed by atoms with van der Waals surface area (Å²) in [6.45, 7) is 3.15. The molecule has 0 spiro atoms. The number of nitro groups is 1. The second-order valence-electron chi connectivity index (χ2n) is 5.46. The Morgan fingerprint density at radius 1 is 1.48 bits per heavy atom. The number of hydrogen-bond acceptors (Lipinski definition) is 5. The van der Waals surface area contributed by atoms with Gasteiger partial charge >= 0.3 is 0 Å². The van der Waals surface area contributed by atoms with Gasteiger partial charge in [0, 0.05) is 31.1 Å². The summed E-state index contributed by atoms with van der Waals surface area (Å²) in [4.78, 5) is 24.4. The van der Waals surface area contributed by atoms with Crippen LogP contribution in [0.2, 0.25) is 0 Å². The molecule has 1 saturated heterocycles. The van der Waals surface area contributed by atoms with Gasteiger partial charge in [-0.05, 0) is 18.8 Å². The van der Waals surface area contributed by atoms with Crippen molar-refractivity contribution in [3.8, 4) is 0 Å². The first-order valence-electron chi connectivity index (χ1n) is 7.03. The lowest BCUT2D eigenvalue weighted by molar-refractivity contribution is -0.384. The molecule has 1 atom stereocenters. The average Bonchev–Trinajstić information content (AvgIpc) is 2.62. The number of nitrogens with one attached hydrogen (secondary N) is 1. The maximum atomic E-state index is 12.1. The molecule has 0 aliphatic carbocycles. The summed E-state index contributed by atoms with van der Waals surface area (Å²) in [5, 5.41) is 11.0. The number of hydrogen-bond donors (Lipinski definition) is 2. The Hall–Kier alpha value is -2.15. The van der Waals surface area contributed by atoms with Crippen LogP contribution in [0.25, 0.3) is 0 Å². The van der Waals surface area contributed by atoms with Crippen molar-refractivity contribution in [2.24, 2.45) is 11.8 Å². The molecule has 1 unspecified atom stereocenters. The van der Waals surface area contributed by atoms with Gasteiger partial charge in [-0.3, -0.25) is 20.8 Å². The number of carbonyl (C=O) groups excluding carboxylic acids is 1. The smallest absolute Gasteiger partial charge is 0.293 e. The summed E-state index contributed by atoms with van der Waals surface area (Å²) in [5.41, 5.74) is 3.25. The Balaban J connectivity index is 2.24. The highest BCUT2D eigenvalue weighted by molar-refractivity contribution is 5.77. The van der Waals surface area contributed by atoms with Crippen molar-refractivity contribution in [3.63, 3.8) is 0 Å². The van der Waals surface area contributed by atoms with E-state index in [0.29, 0.717) is 31.0 Å². The zero-order chi connectivity index (χ0) is 15.4. The van der Waals surface area contributed by atoms with Gasteiger partial charge in [-0.1, -0.05) is 19.1 Å². The highest BCUT2D eigenvalue weighted by Crippen LogP contribution is 2.29. The summed E-state index contributed by atoms with van der Waals surface area (Å²) < 4.78 is 0. The van der Waals surface area contributed by atoms with Gasteiger partial charge in [0.05, 0.1) is 4.92 Å². The fourth-order valence-electron chi connectivity index (χ4n) is 2.58. The van der Waals surface area contributed by atoms with Crippen molar-refractivity contribution >= 4 is 17.3 Å². The normalized spacial score (nSPS) is 19.2. The minimum atomic E-state index is -0.481. The lowest BCUT2D eigenvalue weighted by Gasteiger charge is -2.22. The van der Waals surface area contributed by atoms with Crippen LogP contribution in [0.1, 0.15) is 31.7 Å². The first kappa shape index (κ1) is 15.2. The van der Waals surface area contributed by atoms with Crippen LogP contribution < -0.4 is 11.3 Å². The molecule has 1 heterocycles. The van der Waals surface area contributed by atoms with E-state index >= 15 is 0 Å². The molecule has 1 aromatic rings. The number of rotatable bonds is 4. The van der Waals surface area contributed by atoms with Gasteiger partial charge in [0.15, 0.2) is 0 Å². The third-order valence-corrected chi connectivity index (χ3v) is 3.93. The molecule has 1 amide bonds. The number of nitrogens with two attached hydrogens (primary N) is 1. The third-order valence-electron chi connectivity index (χ3n) is 3.93. The zero-order valence-electron chi connectivity index (χ0n) is 12.0. The molecule has 0 radical (unpaired) electrons. The highest BCUT2D eigenvalue weighted by Gasteiger charge is 2.23. The van der Waals surface area contributed by atoms with Crippen molar-refractivity contribution in [3.05, 3.63) is 33.9 Å². The van der Waals surface area contributed by atoms with Gasteiger partial charge < -0.3 is 10.3 Å². The number of nitro benzene ring substituents is 1. The van der Waals surface area contributed by atoms with Crippen LogP contribution in [-0.4, -0.2) is 22.3 Å². The van der Waals surface area contributed by atoms with E-state index in [4.69, 9.17) is 5.84 Å². The van der Waals surface area contributed by atoms with Crippen molar-refractivity contribution < 1.29 is 9.72 Å². The van der Waals surface area contributed by atoms with Crippen molar-refractivity contribution in [1.29, 1.82) is 0 Å². The van der Waals surface area contributed by atoms with E-state index in [1.807, 2.05) is 0 Å². The van der Waals surface area contributed by atoms with Gasteiger partial charge in [-0.15, -0.1) is 0 Å². The van der Waals surface area contributed by atoms with Crippen molar-refractivity contribution in [1.82, 2.24) is 4.90 Å². The zero-order valence-corrected chi connectivity index (χ0v) is 12.0. The number of para-hydroxylation sites is 1. The molecule has 0 aromatic heterocycles. The number of likely N-dealkylation sites (tertiary alicyclic amines) is 1. The van der Waals surface area contributed by atoms with Gasteiger partial charge in [0.1, 0.15) is 5.69 Å². The van der Waals surface area contributed by atoms with E-state index < -0.39 is 4.92 Å². The minimum Gasteiger partial charge on any atom is -0.338 e. The molecule has 7 nitrogen and oxygen atoms in total. The van der Waals surface area contributed by atoms with Crippen LogP contribution >= 0.6 is 0 Å². The van der Waals surface area contributed by atoms with E-state index in [2.05, 4.69) is 12.3 Å². The summed E-state index contributed by atoms with van der Waals surface area (Å²) >= 11 is 0. The maximum absolute atomic E-state index is 12.1. The quantitative estimate of drug-likeness (QED) is 0.502. The van der Waals surface area contributed by atoms with Gasteiger partial charge in [-0.25, -0.2) is 0 Å². The van der Waals surface area contributed by atoms with E-state index in [1.54, 1.807) is 17.0 Å². The molecule has 2 rings (SSSR count). The largest absolute Gasteiger partial charge is 0.338 e. The maximum Gasteiger partial charge on any atom is 0.293 e. The van der Waals surface area contributed by atoms with Crippen LogP contribution in [0.15, 0.2) is 18.2 Å². The van der Waals surface area contributed by atoms with Gasteiger partial charge in [0.2, 0.25) is 5.91 Å². The van der Waals surface area contributed by atoms with Crippen molar-refractivity contribution in [2.45, 2.75) is 32.7 Å². The molecule has 114 valence electrons. The molecular weight excluding hydrogens is 272 g/mol. The number of amides is 1. The summed E-state index contributed by atoms with van der Waals surface area (Å²) in [6, 6.07) is 4.76. The molecule has 7 heteroatoms. The number of nitrogen functional groups attached to an aromatic ring is 1. The molecule has 21 heavy (non-hydrogen) atoms. The second kappa shape index (κ2) is 6.53. The Labute approximate surface area is 123 Å². The Morgan fingerprint density at radius 2 is 2.24 bits per heavy atom.